The Labute approximate surface area is 202 Å². The van der Waals surface area contributed by atoms with Gasteiger partial charge in [-0.2, -0.15) is 92.2 Å². The largest absolute Gasteiger partial charge is 0.460 e. The van der Waals surface area contributed by atoms with Gasteiger partial charge in [-0.25, -0.2) is 0 Å². The zero-order chi connectivity index (χ0) is 31.0. The van der Waals surface area contributed by atoms with Gasteiger partial charge in [0.1, 0.15) is 0 Å². The topological polar surface area (TPSA) is 0 Å². The fraction of sp³-hybridized carbons (Fsp3) is 0.625. The molecule has 1 aromatic rings. The summed E-state index contributed by atoms with van der Waals surface area (Å²) in [6.45, 7) is 0. The molecule has 38 heavy (non-hydrogen) atoms. The van der Waals surface area contributed by atoms with Crippen LogP contribution in [-0.4, -0.2) is 53.6 Å². The van der Waals surface area contributed by atoms with Crippen LogP contribution in [-0.2, 0) is 5.92 Å². The van der Waals surface area contributed by atoms with Gasteiger partial charge in [0.2, 0.25) is 0 Å². The fourth-order valence-electron chi connectivity index (χ4n) is 2.40. The van der Waals surface area contributed by atoms with E-state index in [-0.39, 0.29) is 16.6 Å². The first-order chi connectivity index (χ1) is 16.2. The molecule has 1 rings (SSSR count). The maximum Gasteiger partial charge on any atom is 0.460 e. The van der Waals surface area contributed by atoms with Crippen LogP contribution in [0, 0.1) is 0 Å². The average Bonchev–Trinajstić information content (AvgIpc) is 2.72. The first kappa shape index (κ1) is 34.3. The van der Waals surface area contributed by atoms with Crippen LogP contribution in [0.15, 0.2) is 28.7 Å². The van der Waals surface area contributed by atoms with E-state index in [9.17, 15) is 92.2 Å². The highest BCUT2D eigenvalue weighted by molar-refractivity contribution is 9.10. The lowest BCUT2D eigenvalue weighted by Gasteiger charge is -2.44. The molecule has 0 heterocycles. The lowest BCUT2D eigenvalue weighted by Crippen LogP contribution is -2.76. The number of halogens is 22. The van der Waals surface area contributed by atoms with E-state index >= 15 is 0 Å². The van der Waals surface area contributed by atoms with Gasteiger partial charge < -0.3 is 0 Å². The molecule has 0 nitrogen and oxygen atoms in total. The predicted molar refractivity (Wildman–Crippen MR) is 83.7 cm³/mol. The highest BCUT2D eigenvalue weighted by Gasteiger charge is 2.97. The van der Waals surface area contributed by atoms with Crippen molar-refractivity contribution in [3.8, 4) is 0 Å². The van der Waals surface area contributed by atoms with E-state index in [1.54, 1.807) is 0 Å². The van der Waals surface area contributed by atoms with Gasteiger partial charge in [-0.3, -0.25) is 0 Å². The van der Waals surface area contributed by atoms with E-state index in [0.29, 0.717) is 12.1 Å². The van der Waals surface area contributed by atoms with Crippen molar-refractivity contribution in [2.45, 2.75) is 59.5 Å². The molecule has 0 radical (unpaired) electrons. The number of benzene rings is 1. The molecule has 0 aliphatic heterocycles. The summed E-state index contributed by atoms with van der Waals surface area (Å²) >= 11 is 2.50. The van der Waals surface area contributed by atoms with Gasteiger partial charge in [0.05, 0.1) is 0 Å². The Bertz CT molecular complexity index is 1000. The molecule has 0 spiro atoms. The average molecular weight is 675 g/mol. The molecule has 0 amide bonds. The van der Waals surface area contributed by atoms with Crippen molar-refractivity contribution in [2.24, 2.45) is 0 Å². The molecular weight excluding hydrogens is 671 g/mol. The minimum Gasteiger partial charge on any atom is -0.194 e. The smallest absolute Gasteiger partial charge is 0.194 e. The van der Waals surface area contributed by atoms with Crippen LogP contribution in [0.4, 0.5) is 92.2 Å². The SMILES string of the molecule is FC(F)(F)C(F)(F)C(F)(F)C(F)(F)C(F)(F)C(F)(F)C(F)(F)C(F)(F)C(F)(F)C(F)(F)c1ccc(Br)cc1. The fourth-order valence-corrected chi connectivity index (χ4v) is 2.66. The number of alkyl halides is 21. The normalized spacial score (nSPS) is 16.2. The van der Waals surface area contributed by atoms with Crippen molar-refractivity contribution < 1.29 is 92.2 Å². The Kier molecular flexibility index (Phi) is 7.99. The molecule has 0 N–H and O–H groups in total. The van der Waals surface area contributed by atoms with Crippen molar-refractivity contribution in [2.75, 3.05) is 0 Å². The zero-order valence-electron chi connectivity index (χ0n) is 16.6. The summed E-state index contributed by atoms with van der Waals surface area (Å²) in [5, 5.41) is 0. The quantitative estimate of drug-likeness (QED) is 0.229. The van der Waals surface area contributed by atoms with Crippen LogP contribution >= 0.6 is 15.9 Å². The standard InChI is InChI=1S/C16H4BrF21/c17-6-3-1-5(2-4-6)7(18,19)8(20,21)9(22,23)10(24,25)11(26,27)12(28,29)13(30,31)14(32,33)15(34,35)16(36,37)38/h1-4H. The summed E-state index contributed by atoms with van der Waals surface area (Å²) in [4.78, 5) is 0. The van der Waals surface area contributed by atoms with Gasteiger partial charge in [0, 0.05) is 10.0 Å². The van der Waals surface area contributed by atoms with Crippen molar-refractivity contribution in [1.82, 2.24) is 0 Å². The molecule has 222 valence electrons. The second-order valence-corrected chi connectivity index (χ2v) is 8.09. The predicted octanol–water partition coefficient (Wildman–Crippen LogP) is 9.19. The molecule has 0 atom stereocenters. The highest BCUT2D eigenvalue weighted by Crippen LogP contribution is 2.66. The van der Waals surface area contributed by atoms with Gasteiger partial charge in [0.25, 0.3) is 0 Å². The summed E-state index contributed by atoms with van der Waals surface area (Å²) in [6.07, 6.45) is -8.00. The number of hydrogen-bond donors (Lipinski definition) is 0. The van der Waals surface area contributed by atoms with Gasteiger partial charge in [-0.15, -0.1) is 0 Å². The van der Waals surface area contributed by atoms with Crippen LogP contribution < -0.4 is 0 Å². The molecule has 1 aromatic carbocycles. The Morgan fingerprint density at radius 3 is 0.842 bits per heavy atom. The Balaban J connectivity index is 3.81. The maximum absolute atomic E-state index is 14.0. The van der Waals surface area contributed by atoms with Gasteiger partial charge in [-0.05, 0) is 12.1 Å². The molecule has 0 saturated heterocycles. The second kappa shape index (κ2) is 8.87. The number of rotatable bonds is 9. The molecule has 0 aromatic heterocycles. The lowest BCUT2D eigenvalue weighted by molar-refractivity contribution is -0.474. The Hall–Kier alpha value is -1.77. The van der Waals surface area contributed by atoms with Crippen molar-refractivity contribution in [3.63, 3.8) is 0 Å². The molecule has 0 unspecified atom stereocenters. The molecule has 0 saturated carbocycles. The molecule has 0 aliphatic carbocycles. The van der Waals surface area contributed by atoms with Crippen LogP contribution in [0.3, 0.4) is 0 Å². The number of hydrogen-bond acceptors (Lipinski definition) is 0. The summed E-state index contributed by atoms with van der Waals surface area (Å²) in [5.41, 5.74) is -2.42. The third-order valence-electron chi connectivity index (χ3n) is 4.72. The third kappa shape index (κ3) is 4.17. The molecule has 22 heteroatoms. The van der Waals surface area contributed by atoms with Crippen molar-refractivity contribution in [3.05, 3.63) is 34.3 Å². The molecular formula is C16H4BrF21. The zero-order valence-corrected chi connectivity index (χ0v) is 18.2. The van der Waals surface area contributed by atoms with Crippen LogP contribution in [0.25, 0.3) is 0 Å². The minimum absolute atomic E-state index is 0.243. The van der Waals surface area contributed by atoms with Crippen LogP contribution in [0.5, 0.6) is 0 Å². The second-order valence-electron chi connectivity index (χ2n) is 7.17. The first-order valence-corrected chi connectivity index (χ1v) is 9.27. The third-order valence-corrected chi connectivity index (χ3v) is 5.25. The Morgan fingerprint density at radius 2 is 0.579 bits per heavy atom. The van der Waals surface area contributed by atoms with Gasteiger partial charge in [0.15, 0.2) is 0 Å². The Morgan fingerprint density at radius 1 is 0.342 bits per heavy atom. The van der Waals surface area contributed by atoms with Crippen LogP contribution in [0.1, 0.15) is 5.56 Å². The summed E-state index contributed by atoms with van der Waals surface area (Å²) in [6, 6.07) is 0.184. The van der Waals surface area contributed by atoms with E-state index in [1.807, 2.05) is 0 Å². The van der Waals surface area contributed by atoms with Gasteiger partial charge >= 0.3 is 59.5 Å². The lowest BCUT2D eigenvalue weighted by atomic mass is 9.85. The van der Waals surface area contributed by atoms with E-state index < -0.39 is 65.0 Å². The maximum atomic E-state index is 14.0. The highest BCUT2D eigenvalue weighted by atomic mass is 79.9. The summed E-state index contributed by atoms with van der Waals surface area (Å²) < 4.78 is 279. The molecule has 0 fully saturated rings. The first-order valence-electron chi connectivity index (χ1n) is 8.48. The van der Waals surface area contributed by atoms with Crippen molar-refractivity contribution in [1.29, 1.82) is 0 Å². The molecule has 0 bridgehead atoms. The monoisotopic (exact) mass is 674 g/mol. The van der Waals surface area contributed by atoms with Gasteiger partial charge in [-0.1, -0.05) is 28.1 Å². The summed E-state index contributed by atoms with van der Waals surface area (Å²) in [7, 11) is 0. The van der Waals surface area contributed by atoms with E-state index in [2.05, 4.69) is 15.9 Å². The van der Waals surface area contributed by atoms with E-state index in [0.717, 1.165) is 0 Å². The van der Waals surface area contributed by atoms with E-state index in [1.165, 1.54) is 0 Å². The summed E-state index contributed by atoms with van der Waals surface area (Å²) in [5.74, 6) is -77.0. The van der Waals surface area contributed by atoms with E-state index in [4.69, 9.17) is 0 Å². The minimum atomic E-state index is -9.17. The van der Waals surface area contributed by atoms with Crippen molar-refractivity contribution >= 4 is 15.9 Å². The van der Waals surface area contributed by atoms with Crippen LogP contribution in [0.2, 0.25) is 0 Å². The molecule has 0 aliphatic rings.